The third-order valence-corrected chi connectivity index (χ3v) is 2.87. The van der Waals surface area contributed by atoms with Crippen LogP contribution in [0.4, 0.5) is 0 Å². The molecule has 1 atom stereocenters. The topological polar surface area (TPSA) is 75.6 Å². The molecule has 0 aliphatic carbocycles. The third-order valence-electron chi connectivity index (χ3n) is 2.87. The zero-order valence-electron chi connectivity index (χ0n) is 13.6. The van der Waals surface area contributed by atoms with Gasteiger partial charge in [-0.1, -0.05) is 31.9 Å². The summed E-state index contributed by atoms with van der Waals surface area (Å²) in [7, 11) is 0. The maximum absolute atomic E-state index is 11.5. The van der Waals surface area contributed by atoms with Crippen LogP contribution in [0.2, 0.25) is 0 Å². The Kier molecular flexibility index (Phi) is 9.71. The summed E-state index contributed by atoms with van der Waals surface area (Å²) in [5, 5.41) is 12.1. The standard InChI is InChI=1S/C16H29NO4/c1-5-6-8-11-17-13(14(18)19)10-7-9-12-21-15(20)16(2,3)4/h7,10,13,17H,5-6,8-9,11-12H2,1-4H3,(H,18,19)/b10-7-. The SMILES string of the molecule is CCCCCNC(/C=C\CCOC(=O)C(C)(C)C)C(=O)O. The Bertz CT molecular complexity index is 345. The maximum atomic E-state index is 11.5. The Morgan fingerprint density at radius 1 is 1.29 bits per heavy atom. The van der Waals surface area contributed by atoms with Crippen LogP contribution in [-0.4, -0.2) is 36.2 Å². The van der Waals surface area contributed by atoms with Crippen LogP contribution in [0.25, 0.3) is 0 Å². The lowest BCUT2D eigenvalue weighted by Gasteiger charge is -2.16. The minimum Gasteiger partial charge on any atom is -0.480 e. The highest BCUT2D eigenvalue weighted by Gasteiger charge is 2.22. The third kappa shape index (κ3) is 10.1. The van der Waals surface area contributed by atoms with Gasteiger partial charge in [-0.05, 0) is 40.2 Å². The molecule has 0 bridgehead atoms. The van der Waals surface area contributed by atoms with Gasteiger partial charge in [0.2, 0.25) is 0 Å². The highest BCUT2D eigenvalue weighted by molar-refractivity contribution is 5.76. The van der Waals surface area contributed by atoms with Crippen molar-refractivity contribution in [3.8, 4) is 0 Å². The highest BCUT2D eigenvalue weighted by atomic mass is 16.5. The van der Waals surface area contributed by atoms with Gasteiger partial charge in [0.1, 0.15) is 6.04 Å². The molecule has 0 radical (unpaired) electrons. The minimum atomic E-state index is -0.894. The molecular weight excluding hydrogens is 270 g/mol. The number of esters is 1. The van der Waals surface area contributed by atoms with Gasteiger partial charge in [0.15, 0.2) is 0 Å². The van der Waals surface area contributed by atoms with E-state index in [4.69, 9.17) is 9.84 Å². The number of nitrogens with one attached hydrogen (secondary N) is 1. The minimum absolute atomic E-state index is 0.247. The molecule has 5 heteroatoms. The molecule has 0 aromatic carbocycles. The number of unbranched alkanes of at least 4 members (excludes halogenated alkanes) is 2. The molecule has 0 heterocycles. The lowest BCUT2D eigenvalue weighted by Crippen LogP contribution is -2.35. The van der Waals surface area contributed by atoms with Crippen molar-refractivity contribution in [3.63, 3.8) is 0 Å². The Morgan fingerprint density at radius 3 is 2.48 bits per heavy atom. The van der Waals surface area contributed by atoms with Crippen LogP contribution >= 0.6 is 0 Å². The molecule has 0 spiro atoms. The first kappa shape index (κ1) is 19.6. The Balaban J connectivity index is 4.00. The van der Waals surface area contributed by atoms with E-state index >= 15 is 0 Å². The number of rotatable bonds is 10. The van der Waals surface area contributed by atoms with Crippen LogP contribution in [0, 0.1) is 5.41 Å². The van der Waals surface area contributed by atoms with Crippen molar-refractivity contribution in [3.05, 3.63) is 12.2 Å². The van der Waals surface area contributed by atoms with E-state index in [0.29, 0.717) is 13.0 Å². The van der Waals surface area contributed by atoms with Gasteiger partial charge >= 0.3 is 11.9 Å². The molecule has 122 valence electrons. The van der Waals surface area contributed by atoms with E-state index in [9.17, 15) is 9.59 Å². The van der Waals surface area contributed by atoms with Gasteiger partial charge in [0.05, 0.1) is 12.0 Å². The molecule has 2 N–H and O–H groups in total. The second-order valence-corrected chi connectivity index (χ2v) is 6.08. The zero-order chi connectivity index (χ0) is 16.3. The number of aliphatic carboxylic acids is 1. The van der Waals surface area contributed by atoms with Crippen molar-refractivity contribution in [1.82, 2.24) is 5.32 Å². The molecule has 5 nitrogen and oxygen atoms in total. The van der Waals surface area contributed by atoms with E-state index in [1.807, 2.05) is 0 Å². The Labute approximate surface area is 127 Å². The summed E-state index contributed by atoms with van der Waals surface area (Å²) >= 11 is 0. The van der Waals surface area contributed by atoms with Crippen LogP contribution < -0.4 is 5.32 Å². The predicted molar refractivity (Wildman–Crippen MR) is 83.1 cm³/mol. The summed E-state index contributed by atoms with van der Waals surface area (Å²) in [6.07, 6.45) is 7.03. The van der Waals surface area contributed by atoms with Crippen molar-refractivity contribution < 1.29 is 19.4 Å². The Morgan fingerprint density at radius 2 is 1.95 bits per heavy atom. The quantitative estimate of drug-likeness (QED) is 0.368. The first-order valence-electron chi connectivity index (χ1n) is 7.59. The van der Waals surface area contributed by atoms with Gasteiger partial charge in [-0.3, -0.25) is 9.59 Å². The van der Waals surface area contributed by atoms with E-state index in [-0.39, 0.29) is 12.6 Å². The normalized spacial score (nSPS) is 13.3. The lowest BCUT2D eigenvalue weighted by molar-refractivity contribution is -0.152. The molecule has 0 saturated heterocycles. The monoisotopic (exact) mass is 299 g/mol. The average Bonchev–Trinajstić information content (AvgIpc) is 2.39. The predicted octanol–water partition coefficient (Wildman–Crippen LogP) is 2.76. The number of carbonyl (C=O) groups excluding carboxylic acids is 1. The molecule has 0 amide bonds. The van der Waals surface area contributed by atoms with Crippen LogP contribution in [0.15, 0.2) is 12.2 Å². The van der Waals surface area contributed by atoms with Crippen LogP contribution in [0.1, 0.15) is 53.4 Å². The largest absolute Gasteiger partial charge is 0.480 e. The second-order valence-electron chi connectivity index (χ2n) is 6.08. The van der Waals surface area contributed by atoms with E-state index in [0.717, 1.165) is 19.3 Å². The molecule has 0 fully saturated rings. The number of carboxylic acids is 1. The fourth-order valence-electron chi connectivity index (χ4n) is 1.54. The van der Waals surface area contributed by atoms with E-state index in [2.05, 4.69) is 12.2 Å². The van der Waals surface area contributed by atoms with Crippen molar-refractivity contribution in [2.75, 3.05) is 13.2 Å². The Hall–Kier alpha value is -1.36. The van der Waals surface area contributed by atoms with Gasteiger partial charge in [-0.25, -0.2) is 0 Å². The van der Waals surface area contributed by atoms with Crippen molar-refractivity contribution >= 4 is 11.9 Å². The number of carbonyl (C=O) groups is 2. The summed E-state index contributed by atoms with van der Waals surface area (Å²) in [6.45, 7) is 8.46. The van der Waals surface area contributed by atoms with E-state index < -0.39 is 17.4 Å². The molecular formula is C16H29NO4. The number of ether oxygens (including phenoxy) is 1. The summed E-state index contributed by atoms with van der Waals surface area (Å²) in [5.74, 6) is -1.14. The molecule has 0 aromatic rings. The number of hydrogen-bond donors (Lipinski definition) is 2. The summed E-state index contributed by atoms with van der Waals surface area (Å²) < 4.78 is 5.10. The summed E-state index contributed by atoms with van der Waals surface area (Å²) in [5.41, 5.74) is -0.506. The number of hydrogen-bond acceptors (Lipinski definition) is 4. The van der Waals surface area contributed by atoms with Gasteiger partial charge in [0.25, 0.3) is 0 Å². The first-order valence-corrected chi connectivity index (χ1v) is 7.59. The lowest BCUT2D eigenvalue weighted by atomic mass is 9.97. The molecule has 0 saturated carbocycles. The van der Waals surface area contributed by atoms with Crippen molar-refractivity contribution in [2.24, 2.45) is 5.41 Å². The fraction of sp³-hybridized carbons (Fsp3) is 0.750. The molecule has 0 rings (SSSR count). The van der Waals surface area contributed by atoms with E-state index in [1.54, 1.807) is 32.9 Å². The van der Waals surface area contributed by atoms with Gasteiger partial charge in [-0.15, -0.1) is 0 Å². The van der Waals surface area contributed by atoms with Crippen LogP contribution in [0.5, 0.6) is 0 Å². The highest BCUT2D eigenvalue weighted by Crippen LogP contribution is 2.15. The molecule has 1 unspecified atom stereocenters. The smallest absolute Gasteiger partial charge is 0.324 e. The average molecular weight is 299 g/mol. The van der Waals surface area contributed by atoms with Crippen molar-refractivity contribution in [1.29, 1.82) is 0 Å². The van der Waals surface area contributed by atoms with E-state index in [1.165, 1.54) is 0 Å². The van der Waals surface area contributed by atoms with Gasteiger partial charge in [-0.2, -0.15) is 0 Å². The zero-order valence-corrected chi connectivity index (χ0v) is 13.6. The van der Waals surface area contributed by atoms with Crippen LogP contribution in [-0.2, 0) is 14.3 Å². The molecule has 0 aliphatic heterocycles. The maximum Gasteiger partial charge on any atom is 0.324 e. The first-order chi connectivity index (χ1) is 9.79. The van der Waals surface area contributed by atoms with Crippen LogP contribution in [0.3, 0.4) is 0 Å². The summed E-state index contributed by atoms with van der Waals surface area (Å²) in [4.78, 5) is 22.6. The second kappa shape index (κ2) is 10.4. The molecule has 21 heavy (non-hydrogen) atoms. The number of carboxylic acid groups (broad SMARTS) is 1. The molecule has 0 aliphatic rings. The molecule has 0 aromatic heterocycles. The van der Waals surface area contributed by atoms with Crippen molar-refractivity contribution in [2.45, 2.75) is 59.4 Å². The fourth-order valence-corrected chi connectivity index (χ4v) is 1.54. The van der Waals surface area contributed by atoms with Gasteiger partial charge in [0, 0.05) is 0 Å². The summed E-state index contributed by atoms with van der Waals surface area (Å²) in [6, 6.07) is -0.680. The van der Waals surface area contributed by atoms with Gasteiger partial charge < -0.3 is 15.2 Å².